The number of benzene rings is 1. The Morgan fingerprint density at radius 3 is 2.47 bits per heavy atom. The Kier molecular flexibility index (Phi) is 8.64. The summed E-state index contributed by atoms with van der Waals surface area (Å²) in [5.41, 5.74) is 3.51. The summed E-state index contributed by atoms with van der Waals surface area (Å²) in [6.45, 7) is 3.27. The lowest BCUT2D eigenvalue weighted by molar-refractivity contribution is 0.0601. The van der Waals surface area contributed by atoms with Crippen molar-refractivity contribution in [2.24, 2.45) is 4.99 Å². The van der Waals surface area contributed by atoms with E-state index in [9.17, 15) is 14.7 Å². The smallest absolute Gasteiger partial charge is 0.340 e. The number of hydrogen-bond donors (Lipinski definition) is 3. The number of methoxy groups -OCH3 is 1. The normalized spacial score (nSPS) is 17.7. The van der Waals surface area contributed by atoms with Crippen LogP contribution in [0.3, 0.4) is 0 Å². The van der Waals surface area contributed by atoms with Crippen LogP contribution in [0, 0.1) is 0 Å². The number of anilines is 3. The minimum atomic E-state index is -0.459. The summed E-state index contributed by atoms with van der Waals surface area (Å²) in [5.74, 6) is -0.689. The number of hydrogen-bond acceptors (Lipinski definition) is 8. The highest BCUT2D eigenvalue weighted by molar-refractivity contribution is 7.18. The molecule has 194 valence electrons. The SMILES string of the molecule is CN=C(C)c1cc(C(=O)Nc2ccc(N3CCC(O)CC3)c(C(=O)OC)c2)sc1NC1CCCCC1. The molecule has 1 aliphatic heterocycles. The summed E-state index contributed by atoms with van der Waals surface area (Å²) in [5, 5.41) is 17.4. The zero-order chi connectivity index (χ0) is 25.7. The Balaban J connectivity index is 1.55. The molecule has 1 aliphatic carbocycles. The van der Waals surface area contributed by atoms with Crippen LogP contribution in [0.15, 0.2) is 29.3 Å². The minimum Gasteiger partial charge on any atom is -0.465 e. The van der Waals surface area contributed by atoms with Gasteiger partial charge in [0.1, 0.15) is 0 Å². The molecule has 4 rings (SSSR count). The summed E-state index contributed by atoms with van der Waals surface area (Å²) < 4.78 is 5.02. The van der Waals surface area contributed by atoms with Gasteiger partial charge in [0.2, 0.25) is 0 Å². The monoisotopic (exact) mass is 512 g/mol. The zero-order valence-electron chi connectivity index (χ0n) is 21.3. The van der Waals surface area contributed by atoms with Crippen LogP contribution in [-0.4, -0.2) is 62.1 Å². The number of esters is 1. The molecule has 2 fully saturated rings. The van der Waals surface area contributed by atoms with Crippen molar-refractivity contribution < 1.29 is 19.4 Å². The number of ether oxygens (including phenoxy) is 1. The average molecular weight is 513 g/mol. The van der Waals surface area contributed by atoms with Crippen LogP contribution in [0.5, 0.6) is 0 Å². The standard InChI is InChI=1S/C27H36N4O4S/c1-17(28-2)21-16-24(36-26(21)30-18-7-5-4-6-8-18)25(33)29-19-9-10-23(22(15-19)27(34)35-3)31-13-11-20(32)12-14-31/h9-10,15-16,18,20,30,32H,4-8,11-14H2,1-3H3,(H,29,33). The van der Waals surface area contributed by atoms with Crippen LogP contribution in [-0.2, 0) is 4.74 Å². The maximum atomic E-state index is 13.2. The molecule has 1 aromatic heterocycles. The van der Waals surface area contributed by atoms with E-state index in [0.29, 0.717) is 48.1 Å². The highest BCUT2D eigenvalue weighted by Crippen LogP contribution is 2.33. The number of aliphatic hydroxyl groups is 1. The molecule has 2 aromatic rings. The maximum Gasteiger partial charge on any atom is 0.340 e. The van der Waals surface area contributed by atoms with Crippen LogP contribution in [0.4, 0.5) is 16.4 Å². The molecule has 0 bridgehead atoms. The van der Waals surface area contributed by atoms with Gasteiger partial charge in [0.15, 0.2) is 0 Å². The van der Waals surface area contributed by atoms with Gasteiger partial charge in [0, 0.05) is 43.1 Å². The minimum absolute atomic E-state index is 0.230. The summed E-state index contributed by atoms with van der Waals surface area (Å²) in [6.07, 6.45) is 7.00. The van der Waals surface area contributed by atoms with Crippen molar-refractivity contribution in [1.82, 2.24) is 0 Å². The van der Waals surface area contributed by atoms with E-state index in [1.165, 1.54) is 37.7 Å². The van der Waals surface area contributed by atoms with Gasteiger partial charge in [0.05, 0.1) is 34.3 Å². The number of rotatable bonds is 7. The quantitative estimate of drug-likeness (QED) is 0.359. The lowest BCUT2D eigenvalue weighted by Gasteiger charge is -2.32. The lowest BCUT2D eigenvalue weighted by Crippen LogP contribution is -2.36. The lowest BCUT2D eigenvalue weighted by atomic mass is 9.95. The number of amides is 1. The molecule has 0 atom stereocenters. The average Bonchev–Trinajstić information content (AvgIpc) is 3.32. The number of nitrogens with zero attached hydrogens (tertiary/aromatic N) is 2. The second-order valence-electron chi connectivity index (χ2n) is 9.54. The highest BCUT2D eigenvalue weighted by atomic mass is 32.1. The Labute approximate surface area is 216 Å². The molecule has 0 radical (unpaired) electrons. The fourth-order valence-corrected chi connectivity index (χ4v) is 5.98. The van der Waals surface area contributed by atoms with Crippen molar-refractivity contribution in [2.75, 3.05) is 42.8 Å². The third-order valence-electron chi connectivity index (χ3n) is 7.09. The second kappa shape index (κ2) is 11.9. The molecule has 1 saturated heterocycles. The van der Waals surface area contributed by atoms with E-state index in [4.69, 9.17) is 4.74 Å². The van der Waals surface area contributed by atoms with Gasteiger partial charge in [-0.1, -0.05) is 19.3 Å². The van der Waals surface area contributed by atoms with Crippen LogP contribution < -0.4 is 15.5 Å². The summed E-state index contributed by atoms with van der Waals surface area (Å²) >= 11 is 1.44. The molecule has 0 spiro atoms. The van der Waals surface area contributed by atoms with E-state index in [2.05, 4.69) is 20.5 Å². The molecule has 1 aromatic carbocycles. The third-order valence-corrected chi connectivity index (χ3v) is 8.15. The van der Waals surface area contributed by atoms with Crippen molar-refractivity contribution in [3.05, 3.63) is 40.3 Å². The molecule has 9 heteroatoms. The van der Waals surface area contributed by atoms with Gasteiger partial charge in [-0.25, -0.2) is 4.79 Å². The second-order valence-corrected chi connectivity index (χ2v) is 10.6. The first-order chi connectivity index (χ1) is 17.4. The summed E-state index contributed by atoms with van der Waals surface area (Å²) in [7, 11) is 3.11. The molecule has 8 nitrogen and oxygen atoms in total. The summed E-state index contributed by atoms with van der Waals surface area (Å²) in [4.78, 5) is 32.8. The van der Waals surface area contributed by atoms with E-state index in [1.807, 2.05) is 19.1 Å². The van der Waals surface area contributed by atoms with Gasteiger partial charge in [-0.3, -0.25) is 9.79 Å². The number of aliphatic imine (C=N–C) groups is 1. The van der Waals surface area contributed by atoms with Gasteiger partial charge in [-0.2, -0.15) is 0 Å². The number of aliphatic hydroxyl groups excluding tert-OH is 1. The van der Waals surface area contributed by atoms with Crippen molar-refractivity contribution in [3.63, 3.8) is 0 Å². The van der Waals surface area contributed by atoms with Gasteiger partial charge >= 0.3 is 5.97 Å². The van der Waals surface area contributed by atoms with Crippen LogP contribution >= 0.6 is 11.3 Å². The number of thiophene rings is 1. The van der Waals surface area contributed by atoms with Gasteiger partial charge in [-0.15, -0.1) is 11.3 Å². The fraction of sp³-hybridized carbons (Fsp3) is 0.519. The first-order valence-electron chi connectivity index (χ1n) is 12.7. The third kappa shape index (κ3) is 6.07. The molecule has 0 unspecified atom stereocenters. The van der Waals surface area contributed by atoms with Gasteiger partial charge < -0.3 is 25.4 Å². The number of piperidine rings is 1. The fourth-order valence-electron chi connectivity index (χ4n) is 4.89. The molecule has 3 N–H and O–H groups in total. The van der Waals surface area contributed by atoms with Crippen molar-refractivity contribution >= 4 is 45.3 Å². The van der Waals surface area contributed by atoms with E-state index in [0.717, 1.165) is 34.8 Å². The van der Waals surface area contributed by atoms with Crippen LogP contribution in [0.1, 0.15) is 77.5 Å². The van der Waals surface area contributed by atoms with E-state index in [1.54, 1.807) is 19.2 Å². The van der Waals surface area contributed by atoms with Crippen molar-refractivity contribution in [1.29, 1.82) is 0 Å². The topological polar surface area (TPSA) is 103 Å². The Morgan fingerprint density at radius 1 is 1.08 bits per heavy atom. The Hall–Kier alpha value is -2.91. The number of carbonyl (C=O) groups excluding carboxylic acids is 2. The predicted molar refractivity (Wildman–Crippen MR) is 146 cm³/mol. The van der Waals surface area contributed by atoms with Gasteiger partial charge in [-0.05, 0) is 56.9 Å². The number of nitrogens with one attached hydrogen (secondary N) is 2. The van der Waals surface area contributed by atoms with E-state index in [-0.39, 0.29) is 12.0 Å². The summed E-state index contributed by atoms with van der Waals surface area (Å²) in [6, 6.07) is 7.62. The molecule has 2 heterocycles. The first-order valence-corrected chi connectivity index (χ1v) is 13.5. The number of carbonyl (C=O) groups is 2. The largest absolute Gasteiger partial charge is 0.465 e. The molecule has 36 heavy (non-hydrogen) atoms. The van der Waals surface area contributed by atoms with E-state index < -0.39 is 5.97 Å². The first kappa shape index (κ1) is 26.2. The Morgan fingerprint density at radius 2 is 1.81 bits per heavy atom. The predicted octanol–water partition coefficient (Wildman–Crippen LogP) is 4.93. The molecular formula is C27H36N4O4S. The molecule has 1 amide bonds. The Bertz CT molecular complexity index is 1110. The van der Waals surface area contributed by atoms with Crippen molar-refractivity contribution in [3.8, 4) is 0 Å². The van der Waals surface area contributed by atoms with Crippen LogP contribution in [0.2, 0.25) is 0 Å². The van der Waals surface area contributed by atoms with Crippen LogP contribution in [0.25, 0.3) is 0 Å². The molecule has 2 aliphatic rings. The maximum absolute atomic E-state index is 13.2. The molecular weight excluding hydrogens is 476 g/mol. The highest BCUT2D eigenvalue weighted by Gasteiger charge is 2.24. The zero-order valence-corrected chi connectivity index (χ0v) is 22.1. The molecule has 1 saturated carbocycles. The van der Waals surface area contributed by atoms with E-state index >= 15 is 0 Å². The van der Waals surface area contributed by atoms with Gasteiger partial charge in [0.25, 0.3) is 5.91 Å². The van der Waals surface area contributed by atoms with Crippen molar-refractivity contribution in [2.45, 2.75) is 64.0 Å².